The van der Waals surface area contributed by atoms with Crippen LogP contribution in [-0.2, 0) is 4.74 Å². The molecular formula is C24H23F3N6O. The molecule has 1 N–H and O–H groups in total. The van der Waals surface area contributed by atoms with Crippen molar-refractivity contribution in [2.24, 2.45) is 0 Å². The molecule has 0 saturated carbocycles. The Balaban J connectivity index is 1.40. The summed E-state index contributed by atoms with van der Waals surface area (Å²) in [5.41, 5.74) is 1.81. The molecule has 1 aliphatic heterocycles. The molecular weight excluding hydrogens is 445 g/mol. The summed E-state index contributed by atoms with van der Waals surface area (Å²) in [6.45, 7) is 2.68. The van der Waals surface area contributed by atoms with E-state index in [1.165, 1.54) is 12.3 Å². The van der Waals surface area contributed by atoms with Crippen LogP contribution in [0.25, 0.3) is 22.0 Å². The molecule has 0 amide bonds. The fourth-order valence-electron chi connectivity index (χ4n) is 4.32. The van der Waals surface area contributed by atoms with Crippen LogP contribution in [-0.4, -0.2) is 45.0 Å². The highest BCUT2D eigenvalue weighted by atomic mass is 19.3. The van der Waals surface area contributed by atoms with E-state index in [0.717, 1.165) is 24.6 Å². The van der Waals surface area contributed by atoms with Gasteiger partial charge in [0.15, 0.2) is 0 Å². The van der Waals surface area contributed by atoms with Crippen molar-refractivity contribution in [3.05, 3.63) is 60.8 Å². The molecule has 10 heteroatoms. The van der Waals surface area contributed by atoms with Crippen LogP contribution < -0.4 is 10.2 Å². The summed E-state index contributed by atoms with van der Waals surface area (Å²) in [7, 11) is 0. The summed E-state index contributed by atoms with van der Waals surface area (Å²) in [6, 6.07) is 10.2. The highest BCUT2D eigenvalue weighted by molar-refractivity contribution is 5.85. The number of benzene rings is 1. The quantitative estimate of drug-likeness (QED) is 0.424. The Bertz CT molecular complexity index is 1320. The number of aromatic nitrogens is 4. The van der Waals surface area contributed by atoms with Crippen molar-refractivity contribution in [3.8, 4) is 11.1 Å². The fourth-order valence-corrected chi connectivity index (χ4v) is 4.32. The van der Waals surface area contributed by atoms with Gasteiger partial charge in [0.2, 0.25) is 0 Å². The molecule has 0 bridgehead atoms. The van der Waals surface area contributed by atoms with E-state index in [1.54, 1.807) is 30.6 Å². The Labute approximate surface area is 194 Å². The van der Waals surface area contributed by atoms with Crippen molar-refractivity contribution >= 4 is 28.2 Å². The second kappa shape index (κ2) is 8.94. The summed E-state index contributed by atoms with van der Waals surface area (Å²) in [6.07, 6.45) is 4.81. The first kappa shape index (κ1) is 22.1. The van der Waals surface area contributed by atoms with E-state index in [9.17, 15) is 13.2 Å². The van der Waals surface area contributed by atoms with Crippen molar-refractivity contribution in [3.63, 3.8) is 0 Å². The molecule has 1 aliphatic rings. The number of hydrogen-bond acceptors (Lipinski definition) is 6. The summed E-state index contributed by atoms with van der Waals surface area (Å²) in [5, 5.41) is 7.17. The number of fused-ring (bicyclic) bond motifs is 1. The first-order chi connectivity index (χ1) is 16.4. The van der Waals surface area contributed by atoms with E-state index in [2.05, 4.69) is 25.3 Å². The lowest BCUT2D eigenvalue weighted by molar-refractivity contribution is -0.00545. The van der Waals surface area contributed by atoms with E-state index < -0.39 is 12.4 Å². The van der Waals surface area contributed by atoms with Gasteiger partial charge in [0, 0.05) is 42.6 Å². The van der Waals surface area contributed by atoms with Gasteiger partial charge in [-0.05, 0) is 55.3 Å². The van der Waals surface area contributed by atoms with Gasteiger partial charge in [0.25, 0.3) is 0 Å². The monoisotopic (exact) mass is 468 g/mol. The summed E-state index contributed by atoms with van der Waals surface area (Å²) in [5.74, 6) is 0.637. The molecule has 176 valence electrons. The van der Waals surface area contributed by atoms with E-state index >= 15 is 0 Å². The smallest absolute Gasteiger partial charge is 0.333 e. The minimum atomic E-state index is -2.91. The van der Waals surface area contributed by atoms with Gasteiger partial charge in [0.1, 0.15) is 23.0 Å². The van der Waals surface area contributed by atoms with Crippen LogP contribution >= 0.6 is 0 Å². The van der Waals surface area contributed by atoms with Crippen molar-refractivity contribution in [2.45, 2.75) is 32.6 Å². The molecule has 0 spiro atoms. The third-order valence-electron chi connectivity index (χ3n) is 5.68. The van der Waals surface area contributed by atoms with Crippen molar-refractivity contribution < 1.29 is 17.9 Å². The molecule has 2 atom stereocenters. The number of rotatable bonds is 5. The second-order valence-corrected chi connectivity index (χ2v) is 8.38. The molecule has 4 aromatic rings. The van der Waals surface area contributed by atoms with Gasteiger partial charge in [0.05, 0.1) is 18.4 Å². The number of alkyl halides is 2. The first-order valence-corrected chi connectivity index (χ1v) is 10.9. The van der Waals surface area contributed by atoms with Crippen molar-refractivity contribution in [2.75, 3.05) is 23.3 Å². The minimum absolute atomic E-state index is 0.117. The molecule has 4 heterocycles. The number of ether oxygens (including phenoxy) is 1. The zero-order chi connectivity index (χ0) is 23.8. The zero-order valence-electron chi connectivity index (χ0n) is 18.6. The van der Waals surface area contributed by atoms with Gasteiger partial charge in [-0.1, -0.05) is 0 Å². The van der Waals surface area contributed by atoms with Crippen LogP contribution in [0.3, 0.4) is 0 Å². The molecule has 34 heavy (non-hydrogen) atoms. The lowest BCUT2D eigenvalue weighted by Crippen LogP contribution is -2.45. The SMILES string of the molecule is C[C@@H]1CN(c2cc(Nc3cc(-c4cc(F)c5c(cnn5C(F)F)c4)ccn3)ccn2)C[C@H](C)O1. The summed E-state index contributed by atoms with van der Waals surface area (Å²) < 4.78 is 47.0. The zero-order valence-corrected chi connectivity index (χ0v) is 18.6. The van der Waals surface area contributed by atoms with Crippen LogP contribution in [0.5, 0.6) is 0 Å². The molecule has 1 fully saturated rings. The van der Waals surface area contributed by atoms with Crippen molar-refractivity contribution in [1.29, 1.82) is 0 Å². The topological polar surface area (TPSA) is 68.1 Å². The number of nitrogens with zero attached hydrogens (tertiary/aromatic N) is 5. The molecule has 7 nitrogen and oxygen atoms in total. The molecule has 1 aromatic carbocycles. The van der Waals surface area contributed by atoms with Crippen LogP contribution in [0.15, 0.2) is 55.0 Å². The number of morpholine rings is 1. The molecule has 5 rings (SSSR count). The van der Waals surface area contributed by atoms with Gasteiger partial charge in [-0.15, -0.1) is 0 Å². The average Bonchev–Trinajstić information content (AvgIpc) is 3.24. The number of halogens is 3. The lowest BCUT2D eigenvalue weighted by Gasteiger charge is -2.36. The third kappa shape index (κ3) is 4.41. The maximum Gasteiger partial charge on any atom is 0.333 e. The van der Waals surface area contributed by atoms with Crippen molar-refractivity contribution in [1.82, 2.24) is 19.7 Å². The van der Waals surface area contributed by atoms with Crippen LogP contribution in [0.1, 0.15) is 20.4 Å². The second-order valence-electron chi connectivity index (χ2n) is 8.38. The lowest BCUT2D eigenvalue weighted by atomic mass is 10.0. The van der Waals surface area contributed by atoms with Crippen LogP contribution in [0.4, 0.5) is 30.5 Å². The molecule has 0 aliphatic carbocycles. The number of anilines is 3. The molecule has 0 radical (unpaired) electrons. The maximum absolute atomic E-state index is 14.7. The standard InChI is InChI=1S/C24H23F3N6O/c1-14-12-32(13-15(2)34-14)22-10-19(4-6-29-22)31-21-9-16(3-5-28-21)17-7-18-11-30-33(24(26)27)23(18)20(25)8-17/h3-11,14-15,24H,12-13H2,1-2H3,(H,28,29,31)/t14-,15+. The van der Waals surface area contributed by atoms with Gasteiger partial charge in [-0.2, -0.15) is 13.9 Å². The number of pyridine rings is 2. The number of nitrogens with one attached hydrogen (secondary N) is 1. The Morgan fingerprint density at radius 2 is 1.76 bits per heavy atom. The Morgan fingerprint density at radius 1 is 1.00 bits per heavy atom. The molecule has 3 aromatic heterocycles. The highest BCUT2D eigenvalue weighted by Crippen LogP contribution is 2.30. The van der Waals surface area contributed by atoms with E-state index in [4.69, 9.17) is 4.74 Å². The first-order valence-electron chi connectivity index (χ1n) is 10.9. The Kier molecular flexibility index (Phi) is 5.82. The third-order valence-corrected chi connectivity index (χ3v) is 5.68. The average molecular weight is 468 g/mol. The number of hydrogen-bond donors (Lipinski definition) is 1. The fraction of sp³-hybridized carbons (Fsp3) is 0.292. The summed E-state index contributed by atoms with van der Waals surface area (Å²) in [4.78, 5) is 11.0. The van der Waals surface area contributed by atoms with Gasteiger partial charge in [-0.3, -0.25) is 0 Å². The normalized spacial score (nSPS) is 18.6. The van der Waals surface area contributed by atoms with E-state index in [-0.39, 0.29) is 17.7 Å². The van der Waals surface area contributed by atoms with Crippen LogP contribution in [0.2, 0.25) is 0 Å². The molecule has 1 saturated heterocycles. The Morgan fingerprint density at radius 3 is 2.53 bits per heavy atom. The molecule has 0 unspecified atom stereocenters. The van der Waals surface area contributed by atoms with Gasteiger partial charge in [-0.25, -0.2) is 19.0 Å². The van der Waals surface area contributed by atoms with Gasteiger partial charge < -0.3 is 15.0 Å². The Hall–Kier alpha value is -3.66. The largest absolute Gasteiger partial charge is 0.372 e. The van der Waals surface area contributed by atoms with E-state index in [0.29, 0.717) is 27.0 Å². The predicted octanol–water partition coefficient (Wildman–Crippen LogP) is 5.38. The summed E-state index contributed by atoms with van der Waals surface area (Å²) >= 11 is 0. The highest BCUT2D eigenvalue weighted by Gasteiger charge is 2.23. The van der Waals surface area contributed by atoms with Gasteiger partial charge >= 0.3 is 6.55 Å². The minimum Gasteiger partial charge on any atom is -0.372 e. The van der Waals surface area contributed by atoms with Crippen LogP contribution in [0, 0.1) is 5.82 Å². The van der Waals surface area contributed by atoms with E-state index in [1.807, 2.05) is 26.0 Å². The predicted molar refractivity (Wildman–Crippen MR) is 124 cm³/mol. The maximum atomic E-state index is 14.7.